The summed E-state index contributed by atoms with van der Waals surface area (Å²) >= 11 is 0. The van der Waals surface area contributed by atoms with E-state index in [9.17, 15) is 4.79 Å². The molecule has 0 bridgehead atoms. The second-order valence-electron chi connectivity index (χ2n) is 9.21. The zero-order valence-corrected chi connectivity index (χ0v) is 20.3. The van der Waals surface area contributed by atoms with Crippen LogP contribution in [0.2, 0.25) is 0 Å². The van der Waals surface area contributed by atoms with Gasteiger partial charge in [0.1, 0.15) is 12.4 Å². The molecular formula is C30H35N3O2. The molecule has 1 fully saturated rings. The molecule has 5 nitrogen and oxygen atoms in total. The Labute approximate surface area is 208 Å². The van der Waals surface area contributed by atoms with Crippen LogP contribution in [-0.4, -0.2) is 36.3 Å². The smallest absolute Gasteiger partial charge is 0.222 e. The zero-order chi connectivity index (χ0) is 24.3. The SMILES string of the molecule is N/C(=N\OCCCc1ccccc1)C1(c2ccccc2)CCN(C(=O)CCc2ccccc2)CC1. The minimum atomic E-state index is -0.420. The minimum absolute atomic E-state index is 0.197. The summed E-state index contributed by atoms with van der Waals surface area (Å²) in [6, 6.07) is 30.8. The van der Waals surface area contributed by atoms with Gasteiger partial charge in [-0.3, -0.25) is 4.79 Å². The third kappa shape index (κ3) is 6.50. The molecule has 3 aromatic rings. The van der Waals surface area contributed by atoms with Gasteiger partial charge in [0, 0.05) is 19.5 Å². The Morgan fingerprint density at radius 2 is 1.37 bits per heavy atom. The maximum atomic E-state index is 12.9. The van der Waals surface area contributed by atoms with Gasteiger partial charge in [-0.1, -0.05) is 96.2 Å². The highest BCUT2D eigenvalue weighted by atomic mass is 16.6. The number of carbonyl (C=O) groups excluding carboxylic acids is 1. The molecule has 0 unspecified atom stereocenters. The van der Waals surface area contributed by atoms with Crippen LogP contribution in [0.5, 0.6) is 0 Å². The minimum Gasteiger partial charge on any atom is -0.394 e. The van der Waals surface area contributed by atoms with Gasteiger partial charge < -0.3 is 15.5 Å². The Morgan fingerprint density at radius 3 is 1.97 bits per heavy atom. The lowest BCUT2D eigenvalue weighted by Crippen LogP contribution is -2.51. The van der Waals surface area contributed by atoms with Gasteiger partial charge in [-0.2, -0.15) is 0 Å². The normalized spacial score (nSPS) is 15.5. The first-order chi connectivity index (χ1) is 17.2. The number of nitrogens with two attached hydrogens (primary N) is 1. The molecule has 4 rings (SSSR count). The molecule has 5 heteroatoms. The fourth-order valence-corrected chi connectivity index (χ4v) is 4.83. The molecule has 1 amide bonds. The second kappa shape index (κ2) is 12.2. The number of hydrogen-bond acceptors (Lipinski definition) is 3. The molecule has 35 heavy (non-hydrogen) atoms. The Hall–Kier alpha value is -3.60. The van der Waals surface area contributed by atoms with Gasteiger partial charge in [-0.15, -0.1) is 0 Å². The van der Waals surface area contributed by atoms with Gasteiger partial charge in [0.15, 0.2) is 0 Å². The lowest BCUT2D eigenvalue weighted by Gasteiger charge is -2.41. The maximum absolute atomic E-state index is 12.9. The van der Waals surface area contributed by atoms with Crippen molar-refractivity contribution >= 4 is 11.7 Å². The Bertz CT molecular complexity index is 1080. The van der Waals surface area contributed by atoms with Crippen molar-refractivity contribution in [3.05, 3.63) is 108 Å². The van der Waals surface area contributed by atoms with Gasteiger partial charge in [-0.05, 0) is 48.8 Å². The maximum Gasteiger partial charge on any atom is 0.222 e. The fourth-order valence-electron chi connectivity index (χ4n) is 4.83. The number of likely N-dealkylation sites (tertiary alicyclic amines) is 1. The predicted octanol–water partition coefficient (Wildman–Crippen LogP) is 5.10. The molecule has 1 aliphatic rings. The van der Waals surface area contributed by atoms with E-state index in [1.807, 2.05) is 47.4 Å². The first-order valence-corrected chi connectivity index (χ1v) is 12.5. The van der Waals surface area contributed by atoms with Crippen molar-refractivity contribution in [3.8, 4) is 0 Å². The van der Waals surface area contributed by atoms with E-state index in [-0.39, 0.29) is 5.91 Å². The molecule has 0 radical (unpaired) electrons. The van der Waals surface area contributed by atoms with Crippen LogP contribution in [0.1, 0.15) is 42.4 Å². The highest BCUT2D eigenvalue weighted by molar-refractivity contribution is 5.92. The van der Waals surface area contributed by atoms with Crippen molar-refractivity contribution in [3.63, 3.8) is 0 Å². The standard InChI is InChI=1S/C30H35N3O2/c31-29(32-35-24-10-15-25-11-4-1-5-12-25)30(27-16-8-3-9-17-27)20-22-33(23-21-30)28(34)19-18-26-13-6-2-7-14-26/h1-9,11-14,16-17H,10,15,18-24H2,(H2,31,32). The van der Waals surface area contributed by atoms with Crippen molar-refractivity contribution in [2.45, 2.75) is 43.9 Å². The van der Waals surface area contributed by atoms with E-state index in [0.29, 0.717) is 32.0 Å². The molecule has 0 saturated carbocycles. The molecule has 2 N–H and O–H groups in total. The summed E-state index contributed by atoms with van der Waals surface area (Å²) in [5, 5.41) is 4.36. The van der Waals surface area contributed by atoms with Crippen LogP contribution in [-0.2, 0) is 27.9 Å². The van der Waals surface area contributed by atoms with Crippen LogP contribution >= 0.6 is 0 Å². The van der Waals surface area contributed by atoms with E-state index < -0.39 is 5.41 Å². The number of piperidine rings is 1. The number of aryl methyl sites for hydroxylation is 2. The fraction of sp³-hybridized carbons (Fsp3) is 0.333. The third-order valence-electron chi connectivity index (χ3n) is 6.96. The summed E-state index contributed by atoms with van der Waals surface area (Å²) < 4.78 is 0. The summed E-state index contributed by atoms with van der Waals surface area (Å²) in [5.41, 5.74) is 9.78. The zero-order valence-electron chi connectivity index (χ0n) is 20.3. The molecule has 0 aliphatic carbocycles. The number of hydrogen-bond donors (Lipinski definition) is 1. The lowest BCUT2D eigenvalue weighted by atomic mass is 9.71. The van der Waals surface area contributed by atoms with E-state index >= 15 is 0 Å². The van der Waals surface area contributed by atoms with E-state index in [0.717, 1.165) is 37.7 Å². The lowest BCUT2D eigenvalue weighted by molar-refractivity contribution is -0.132. The van der Waals surface area contributed by atoms with Crippen LogP contribution in [0, 0.1) is 0 Å². The monoisotopic (exact) mass is 469 g/mol. The summed E-state index contributed by atoms with van der Waals surface area (Å²) in [6.07, 6.45) is 4.58. The largest absolute Gasteiger partial charge is 0.394 e. The number of amidine groups is 1. The summed E-state index contributed by atoms with van der Waals surface area (Å²) in [4.78, 5) is 20.5. The predicted molar refractivity (Wildman–Crippen MR) is 141 cm³/mol. The third-order valence-corrected chi connectivity index (χ3v) is 6.96. The average Bonchev–Trinajstić information content (AvgIpc) is 2.93. The van der Waals surface area contributed by atoms with Crippen molar-refractivity contribution in [1.82, 2.24) is 4.90 Å². The number of rotatable bonds is 10. The molecule has 1 aliphatic heterocycles. The van der Waals surface area contributed by atoms with Gasteiger partial charge in [0.2, 0.25) is 5.91 Å². The highest BCUT2D eigenvalue weighted by Crippen LogP contribution is 2.36. The second-order valence-corrected chi connectivity index (χ2v) is 9.21. The molecule has 0 atom stereocenters. The van der Waals surface area contributed by atoms with Crippen LogP contribution < -0.4 is 5.73 Å². The van der Waals surface area contributed by atoms with Crippen molar-refractivity contribution in [2.24, 2.45) is 10.9 Å². The molecule has 1 heterocycles. The highest BCUT2D eigenvalue weighted by Gasteiger charge is 2.41. The van der Waals surface area contributed by atoms with E-state index in [2.05, 4.69) is 53.7 Å². The van der Waals surface area contributed by atoms with Gasteiger partial charge in [0.25, 0.3) is 0 Å². The van der Waals surface area contributed by atoms with E-state index in [1.165, 1.54) is 11.1 Å². The van der Waals surface area contributed by atoms with Gasteiger partial charge in [0.05, 0.1) is 5.41 Å². The number of nitrogens with zero attached hydrogens (tertiary/aromatic N) is 2. The number of amides is 1. The number of carbonyl (C=O) groups is 1. The molecule has 3 aromatic carbocycles. The van der Waals surface area contributed by atoms with Crippen LogP contribution in [0.25, 0.3) is 0 Å². The topological polar surface area (TPSA) is 67.9 Å². The Kier molecular flexibility index (Phi) is 8.55. The van der Waals surface area contributed by atoms with Crippen LogP contribution in [0.4, 0.5) is 0 Å². The van der Waals surface area contributed by atoms with E-state index in [1.54, 1.807) is 0 Å². The molecule has 0 spiro atoms. The first kappa shape index (κ1) is 24.5. The van der Waals surface area contributed by atoms with Crippen molar-refractivity contribution in [1.29, 1.82) is 0 Å². The van der Waals surface area contributed by atoms with Crippen LogP contribution in [0.15, 0.2) is 96.2 Å². The van der Waals surface area contributed by atoms with Crippen molar-refractivity contribution in [2.75, 3.05) is 19.7 Å². The van der Waals surface area contributed by atoms with Crippen LogP contribution in [0.3, 0.4) is 0 Å². The average molecular weight is 470 g/mol. The quantitative estimate of drug-likeness (QED) is 0.194. The summed E-state index contributed by atoms with van der Waals surface area (Å²) in [6.45, 7) is 1.84. The molecule has 182 valence electrons. The summed E-state index contributed by atoms with van der Waals surface area (Å²) in [7, 11) is 0. The van der Waals surface area contributed by atoms with Crippen molar-refractivity contribution < 1.29 is 9.63 Å². The summed E-state index contributed by atoms with van der Waals surface area (Å²) in [5.74, 6) is 0.697. The molecule has 1 saturated heterocycles. The van der Waals surface area contributed by atoms with Gasteiger partial charge >= 0.3 is 0 Å². The molecular weight excluding hydrogens is 434 g/mol. The molecule has 0 aromatic heterocycles. The van der Waals surface area contributed by atoms with E-state index in [4.69, 9.17) is 10.6 Å². The number of benzene rings is 3. The Morgan fingerprint density at radius 1 is 0.829 bits per heavy atom. The number of oxime groups is 1. The Balaban J connectivity index is 1.35. The van der Waals surface area contributed by atoms with Gasteiger partial charge in [-0.25, -0.2) is 0 Å². The first-order valence-electron chi connectivity index (χ1n) is 12.5.